The van der Waals surface area contributed by atoms with Crippen LogP contribution in [0.4, 0.5) is 0 Å². The molecule has 1 heterocycles. The van der Waals surface area contributed by atoms with Crippen LogP contribution in [0.25, 0.3) is 0 Å². The third-order valence-electron chi connectivity index (χ3n) is 2.77. The van der Waals surface area contributed by atoms with Gasteiger partial charge in [-0.3, -0.25) is 0 Å². The first-order chi connectivity index (χ1) is 6.70. The number of rotatable bonds is 1. The molecule has 0 aromatic heterocycles. The van der Waals surface area contributed by atoms with Crippen molar-refractivity contribution >= 4 is 0 Å². The SMILES string of the molecule is CN(C)C1COc2ccccc2C1N. The van der Waals surface area contributed by atoms with E-state index in [0.29, 0.717) is 6.61 Å². The van der Waals surface area contributed by atoms with Crippen molar-refractivity contribution in [1.82, 2.24) is 4.90 Å². The van der Waals surface area contributed by atoms with Gasteiger partial charge in [0.1, 0.15) is 12.4 Å². The van der Waals surface area contributed by atoms with E-state index in [-0.39, 0.29) is 12.1 Å². The molecular weight excluding hydrogens is 176 g/mol. The molecule has 2 N–H and O–H groups in total. The Kier molecular flexibility index (Phi) is 2.44. The van der Waals surface area contributed by atoms with Crippen molar-refractivity contribution in [2.45, 2.75) is 12.1 Å². The van der Waals surface area contributed by atoms with Gasteiger partial charge in [-0.15, -0.1) is 0 Å². The van der Waals surface area contributed by atoms with Gasteiger partial charge in [-0.05, 0) is 20.2 Å². The van der Waals surface area contributed by atoms with Crippen molar-refractivity contribution in [3.05, 3.63) is 29.8 Å². The number of ether oxygens (including phenoxy) is 1. The summed E-state index contributed by atoms with van der Waals surface area (Å²) >= 11 is 0. The molecule has 2 unspecified atom stereocenters. The molecule has 0 radical (unpaired) electrons. The van der Waals surface area contributed by atoms with Gasteiger partial charge < -0.3 is 15.4 Å². The molecule has 1 aliphatic heterocycles. The molecule has 1 aromatic rings. The predicted molar refractivity (Wildman–Crippen MR) is 56.3 cm³/mol. The van der Waals surface area contributed by atoms with Crippen LogP contribution in [0.5, 0.6) is 5.75 Å². The van der Waals surface area contributed by atoms with Crippen molar-refractivity contribution in [2.75, 3.05) is 20.7 Å². The van der Waals surface area contributed by atoms with Crippen LogP contribution >= 0.6 is 0 Å². The second-order valence-corrected chi connectivity index (χ2v) is 3.91. The van der Waals surface area contributed by atoms with E-state index >= 15 is 0 Å². The van der Waals surface area contributed by atoms with Gasteiger partial charge in [0.2, 0.25) is 0 Å². The lowest BCUT2D eigenvalue weighted by Gasteiger charge is -2.35. The number of para-hydroxylation sites is 1. The van der Waals surface area contributed by atoms with Gasteiger partial charge in [0.25, 0.3) is 0 Å². The van der Waals surface area contributed by atoms with Gasteiger partial charge in [0, 0.05) is 5.56 Å². The standard InChI is InChI=1S/C11H16N2O/c1-13(2)9-7-14-10-6-4-3-5-8(10)11(9)12/h3-6,9,11H,7,12H2,1-2H3. The highest BCUT2D eigenvalue weighted by Crippen LogP contribution is 2.31. The Balaban J connectivity index is 2.31. The van der Waals surface area contributed by atoms with E-state index in [0.717, 1.165) is 11.3 Å². The van der Waals surface area contributed by atoms with Crippen molar-refractivity contribution in [3.63, 3.8) is 0 Å². The molecular formula is C11H16N2O. The van der Waals surface area contributed by atoms with Gasteiger partial charge in [-0.2, -0.15) is 0 Å². The normalized spacial score (nSPS) is 25.7. The van der Waals surface area contributed by atoms with E-state index in [2.05, 4.69) is 4.90 Å². The van der Waals surface area contributed by atoms with E-state index < -0.39 is 0 Å². The van der Waals surface area contributed by atoms with Crippen LogP contribution in [0.1, 0.15) is 11.6 Å². The summed E-state index contributed by atoms with van der Waals surface area (Å²) in [6.07, 6.45) is 0. The second-order valence-electron chi connectivity index (χ2n) is 3.91. The lowest BCUT2D eigenvalue weighted by atomic mass is 9.97. The van der Waals surface area contributed by atoms with E-state index in [9.17, 15) is 0 Å². The Labute approximate surface area is 84.5 Å². The summed E-state index contributed by atoms with van der Waals surface area (Å²) in [6, 6.07) is 8.30. The Morgan fingerprint density at radius 2 is 2.07 bits per heavy atom. The van der Waals surface area contributed by atoms with Crippen LogP contribution in [0.3, 0.4) is 0 Å². The van der Waals surface area contributed by atoms with Gasteiger partial charge in [-0.1, -0.05) is 18.2 Å². The fourth-order valence-electron chi connectivity index (χ4n) is 1.84. The number of nitrogens with zero attached hydrogens (tertiary/aromatic N) is 1. The monoisotopic (exact) mass is 192 g/mol. The first-order valence-electron chi connectivity index (χ1n) is 4.84. The zero-order valence-electron chi connectivity index (χ0n) is 8.60. The fourth-order valence-corrected chi connectivity index (χ4v) is 1.84. The smallest absolute Gasteiger partial charge is 0.124 e. The summed E-state index contributed by atoms with van der Waals surface area (Å²) in [6.45, 7) is 0.672. The molecule has 1 aromatic carbocycles. The zero-order valence-corrected chi connectivity index (χ0v) is 8.60. The number of hydrogen-bond donors (Lipinski definition) is 1. The van der Waals surface area contributed by atoms with Crippen molar-refractivity contribution in [2.24, 2.45) is 5.73 Å². The molecule has 0 aliphatic carbocycles. The molecule has 0 fully saturated rings. The van der Waals surface area contributed by atoms with E-state index in [1.807, 2.05) is 38.4 Å². The van der Waals surface area contributed by atoms with Crippen molar-refractivity contribution < 1.29 is 4.74 Å². The Morgan fingerprint density at radius 1 is 1.36 bits per heavy atom. The lowest BCUT2D eigenvalue weighted by molar-refractivity contribution is 0.140. The van der Waals surface area contributed by atoms with Gasteiger partial charge >= 0.3 is 0 Å². The molecule has 1 aliphatic rings. The molecule has 2 rings (SSSR count). The largest absolute Gasteiger partial charge is 0.492 e. The van der Waals surface area contributed by atoms with Crippen LogP contribution in [0.15, 0.2) is 24.3 Å². The highest BCUT2D eigenvalue weighted by Gasteiger charge is 2.28. The highest BCUT2D eigenvalue weighted by molar-refractivity contribution is 5.38. The number of likely N-dealkylation sites (N-methyl/N-ethyl adjacent to an activating group) is 1. The minimum Gasteiger partial charge on any atom is -0.492 e. The molecule has 3 nitrogen and oxygen atoms in total. The van der Waals surface area contributed by atoms with Gasteiger partial charge in [0.05, 0.1) is 12.1 Å². The van der Waals surface area contributed by atoms with Gasteiger partial charge in [-0.25, -0.2) is 0 Å². The van der Waals surface area contributed by atoms with Crippen molar-refractivity contribution in [1.29, 1.82) is 0 Å². The molecule has 14 heavy (non-hydrogen) atoms. The first kappa shape index (κ1) is 9.49. The molecule has 0 amide bonds. The minimum atomic E-state index is 0.0509. The zero-order chi connectivity index (χ0) is 10.1. The summed E-state index contributed by atoms with van der Waals surface area (Å²) in [7, 11) is 4.06. The van der Waals surface area contributed by atoms with E-state index in [1.165, 1.54) is 0 Å². The van der Waals surface area contributed by atoms with E-state index in [1.54, 1.807) is 0 Å². The summed E-state index contributed by atoms with van der Waals surface area (Å²) in [5, 5.41) is 0. The number of fused-ring (bicyclic) bond motifs is 1. The summed E-state index contributed by atoms with van der Waals surface area (Å²) in [5.41, 5.74) is 7.28. The van der Waals surface area contributed by atoms with Crippen LogP contribution in [-0.4, -0.2) is 31.6 Å². The van der Waals surface area contributed by atoms with Crippen molar-refractivity contribution in [3.8, 4) is 5.75 Å². The van der Waals surface area contributed by atoms with Gasteiger partial charge in [0.15, 0.2) is 0 Å². The topological polar surface area (TPSA) is 38.5 Å². The molecule has 0 saturated carbocycles. The van der Waals surface area contributed by atoms with Crippen LogP contribution < -0.4 is 10.5 Å². The van der Waals surface area contributed by atoms with Crippen LogP contribution in [0, 0.1) is 0 Å². The number of benzene rings is 1. The quantitative estimate of drug-likeness (QED) is 0.721. The van der Waals surface area contributed by atoms with Crippen LogP contribution in [-0.2, 0) is 0 Å². The molecule has 0 saturated heterocycles. The Hall–Kier alpha value is -1.06. The first-order valence-corrected chi connectivity index (χ1v) is 4.84. The number of hydrogen-bond acceptors (Lipinski definition) is 3. The Bertz CT molecular complexity index is 325. The maximum Gasteiger partial charge on any atom is 0.124 e. The fraction of sp³-hybridized carbons (Fsp3) is 0.455. The third kappa shape index (κ3) is 1.49. The molecule has 3 heteroatoms. The predicted octanol–water partition coefficient (Wildman–Crippen LogP) is 1.01. The maximum atomic E-state index is 6.17. The molecule has 0 bridgehead atoms. The highest BCUT2D eigenvalue weighted by atomic mass is 16.5. The summed E-state index contributed by atoms with van der Waals surface area (Å²) in [4.78, 5) is 2.11. The Morgan fingerprint density at radius 3 is 2.79 bits per heavy atom. The average molecular weight is 192 g/mol. The maximum absolute atomic E-state index is 6.17. The average Bonchev–Trinajstić information content (AvgIpc) is 2.18. The lowest BCUT2D eigenvalue weighted by Crippen LogP contribution is -2.45. The summed E-state index contributed by atoms with van der Waals surface area (Å²) < 4.78 is 5.65. The minimum absolute atomic E-state index is 0.0509. The number of nitrogens with two attached hydrogens (primary N) is 1. The third-order valence-corrected chi connectivity index (χ3v) is 2.77. The summed E-state index contributed by atoms with van der Waals surface area (Å²) in [5.74, 6) is 0.929. The molecule has 2 atom stereocenters. The van der Waals surface area contributed by atoms with E-state index in [4.69, 9.17) is 10.5 Å². The molecule has 0 spiro atoms. The van der Waals surface area contributed by atoms with Crippen LogP contribution in [0.2, 0.25) is 0 Å². The second kappa shape index (κ2) is 3.59. The molecule has 76 valence electrons.